The van der Waals surface area contributed by atoms with Gasteiger partial charge in [-0.2, -0.15) is 0 Å². The molecule has 0 fully saturated rings. The number of amides is 1. The average molecular weight is 248 g/mol. The lowest BCUT2D eigenvalue weighted by Gasteiger charge is -2.04. The maximum Gasteiger partial charge on any atom is 0.322 e. The third-order valence-electron chi connectivity index (χ3n) is 2.70. The van der Waals surface area contributed by atoms with Gasteiger partial charge in [-0.3, -0.25) is 9.59 Å². The highest BCUT2D eigenvalue weighted by Gasteiger charge is 2.15. The molecule has 6 nitrogen and oxygen atoms in total. The number of fused-ring (bicyclic) bond motifs is 1. The Labute approximate surface area is 102 Å². The summed E-state index contributed by atoms with van der Waals surface area (Å²) in [6.07, 6.45) is 0. The van der Waals surface area contributed by atoms with Crippen molar-refractivity contribution >= 4 is 22.8 Å². The Hall–Kier alpha value is -2.50. The SMILES string of the molecule is Cn1c(C(=O)NCC(=O)O)cc2c(O)cccc21. The van der Waals surface area contributed by atoms with E-state index in [4.69, 9.17) is 5.11 Å². The molecule has 0 saturated heterocycles. The van der Waals surface area contributed by atoms with Crippen molar-refractivity contribution in [3.8, 4) is 5.75 Å². The highest BCUT2D eigenvalue weighted by atomic mass is 16.4. The van der Waals surface area contributed by atoms with Gasteiger partial charge in [-0.05, 0) is 18.2 Å². The molecule has 0 spiro atoms. The van der Waals surface area contributed by atoms with Gasteiger partial charge in [0.25, 0.3) is 5.91 Å². The van der Waals surface area contributed by atoms with E-state index in [1.807, 2.05) is 0 Å². The van der Waals surface area contributed by atoms with Crippen LogP contribution in [0.2, 0.25) is 0 Å². The second-order valence-electron chi connectivity index (χ2n) is 3.87. The number of aryl methyl sites for hydroxylation is 1. The lowest BCUT2D eigenvalue weighted by atomic mass is 10.2. The van der Waals surface area contributed by atoms with E-state index in [0.717, 1.165) is 0 Å². The van der Waals surface area contributed by atoms with Gasteiger partial charge in [-0.15, -0.1) is 0 Å². The monoisotopic (exact) mass is 248 g/mol. The van der Waals surface area contributed by atoms with Gasteiger partial charge >= 0.3 is 5.97 Å². The number of hydrogen-bond acceptors (Lipinski definition) is 3. The molecule has 94 valence electrons. The molecule has 0 atom stereocenters. The van der Waals surface area contributed by atoms with Crippen molar-refractivity contribution in [3.63, 3.8) is 0 Å². The number of carboxylic acids is 1. The Morgan fingerprint density at radius 1 is 1.39 bits per heavy atom. The first kappa shape index (κ1) is 12.0. The van der Waals surface area contributed by atoms with Crippen LogP contribution in [0.1, 0.15) is 10.5 Å². The third kappa shape index (κ3) is 2.00. The van der Waals surface area contributed by atoms with Gasteiger partial charge in [-0.25, -0.2) is 0 Å². The summed E-state index contributed by atoms with van der Waals surface area (Å²) in [5.41, 5.74) is 1.00. The second kappa shape index (κ2) is 4.40. The molecule has 0 saturated carbocycles. The lowest BCUT2D eigenvalue weighted by Crippen LogP contribution is -2.30. The number of benzene rings is 1. The number of carboxylic acid groups (broad SMARTS) is 1. The second-order valence-corrected chi connectivity index (χ2v) is 3.87. The normalized spacial score (nSPS) is 10.5. The number of phenolic OH excluding ortho intramolecular Hbond substituents is 1. The van der Waals surface area contributed by atoms with Crippen molar-refractivity contribution in [2.45, 2.75) is 0 Å². The number of phenols is 1. The maximum atomic E-state index is 11.8. The standard InChI is InChI=1S/C12H12N2O4/c1-14-8-3-2-4-10(15)7(8)5-9(14)12(18)13-6-11(16)17/h2-5,15H,6H2,1H3,(H,13,18)(H,16,17). The molecule has 0 unspecified atom stereocenters. The predicted octanol–water partition coefficient (Wildman–Crippen LogP) is 0.698. The van der Waals surface area contributed by atoms with Gasteiger partial charge in [0.1, 0.15) is 18.0 Å². The summed E-state index contributed by atoms with van der Waals surface area (Å²) in [7, 11) is 1.68. The molecule has 18 heavy (non-hydrogen) atoms. The van der Waals surface area contributed by atoms with Gasteiger partial charge in [-0.1, -0.05) is 6.07 Å². The minimum absolute atomic E-state index is 0.0837. The summed E-state index contributed by atoms with van der Waals surface area (Å²) in [5.74, 6) is -1.51. The van der Waals surface area contributed by atoms with Crippen LogP contribution in [0.4, 0.5) is 0 Å². The molecule has 0 aliphatic rings. The fourth-order valence-corrected chi connectivity index (χ4v) is 1.81. The molecule has 6 heteroatoms. The number of nitrogens with one attached hydrogen (secondary N) is 1. The van der Waals surface area contributed by atoms with E-state index in [9.17, 15) is 14.7 Å². The van der Waals surface area contributed by atoms with E-state index in [2.05, 4.69) is 5.32 Å². The zero-order valence-corrected chi connectivity index (χ0v) is 9.67. The number of aliphatic carboxylic acids is 1. The molecular formula is C12H12N2O4. The summed E-state index contributed by atoms with van der Waals surface area (Å²) < 4.78 is 1.60. The number of rotatable bonds is 3. The first-order valence-corrected chi connectivity index (χ1v) is 5.28. The summed E-state index contributed by atoms with van der Waals surface area (Å²) >= 11 is 0. The van der Waals surface area contributed by atoms with Crippen LogP contribution in [-0.2, 0) is 11.8 Å². The Bertz CT molecular complexity index is 630. The smallest absolute Gasteiger partial charge is 0.322 e. The van der Waals surface area contributed by atoms with Crippen molar-refractivity contribution in [1.82, 2.24) is 9.88 Å². The Morgan fingerprint density at radius 3 is 2.72 bits per heavy atom. The fraction of sp³-hybridized carbons (Fsp3) is 0.167. The minimum atomic E-state index is -1.11. The van der Waals surface area contributed by atoms with Crippen LogP contribution in [0.3, 0.4) is 0 Å². The largest absolute Gasteiger partial charge is 0.507 e. The minimum Gasteiger partial charge on any atom is -0.507 e. The zero-order chi connectivity index (χ0) is 13.3. The van der Waals surface area contributed by atoms with Crippen LogP contribution in [0, 0.1) is 0 Å². The summed E-state index contributed by atoms with van der Waals surface area (Å²) in [6.45, 7) is -0.438. The van der Waals surface area contributed by atoms with Gasteiger partial charge in [0.2, 0.25) is 0 Å². The first-order chi connectivity index (χ1) is 8.50. The molecule has 1 amide bonds. The summed E-state index contributed by atoms with van der Waals surface area (Å²) in [4.78, 5) is 22.2. The van der Waals surface area contributed by atoms with Crippen molar-refractivity contribution in [1.29, 1.82) is 0 Å². The molecule has 0 aliphatic carbocycles. The van der Waals surface area contributed by atoms with Crippen molar-refractivity contribution < 1.29 is 19.8 Å². The predicted molar refractivity (Wildman–Crippen MR) is 64.6 cm³/mol. The molecule has 1 heterocycles. The molecular weight excluding hydrogens is 236 g/mol. The van der Waals surface area contributed by atoms with E-state index in [1.54, 1.807) is 23.7 Å². The van der Waals surface area contributed by atoms with Gasteiger partial charge in [0, 0.05) is 12.4 Å². The van der Waals surface area contributed by atoms with Crippen molar-refractivity contribution in [3.05, 3.63) is 30.0 Å². The average Bonchev–Trinajstić information content (AvgIpc) is 2.66. The van der Waals surface area contributed by atoms with Crippen LogP contribution >= 0.6 is 0 Å². The van der Waals surface area contributed by atoms with Crippen LogP contribution in [0.5, 0.6) is 5.75 Å². The van der Waals surface area contributed by atoms with E-state index in [1.165, 1.54) is 12.1 Å². The molecule has 1 aromatic carbocycles. The van der Waals surface area contributed by atoms with Gasteiger partial charge in [0.05, 0.1) is 5.52 Å². The van der Waals surface area contributed by atoms with E-state index < -0.39 is 18.4 Å². The molecule has 3 N–H and O–H groups in total. The highest BCUT2D eigenvalue weighted by molar-refractivity contribution is 6.01. The van der Waals surface area contributed by atoms with E-state index >= 15 is 0 Å². The highest BCUT2D eigenvalue weighted by Crippen LogP contribution is 2.26. The van der Waals surface area contributed by atoms with Gasteiger partial charge < -0.3 is 20.1 Å². The molecule has 0 bridgehead atoms. The lowest BCUT2D eigenvalue weighted by molar-refractivity contribution is -0.135. The van der Waals surface area contributed by atoms with Crippen LogP contribution in [0.15, 0.2) is 24.3 Å². The Balaban J connectivity index is 2.40. The third-order valence-corrected chi connectivity index (χ3v) is 2.70. The molecule has 2 rings (SSSR count). The van der Waals surface area contributed by atoms with E-state index in [-0.39, 0.29) is 5.75 Å². The quantitative estimate of drug-likeness (QED) is 0.745. The topological polar surface area (TPSA) is 91.6 Å². The number of carbonyl (C=O) groups is 2. The van der Waals surface area contributed by atoms with Gasteiger partial charge in [0.15, 0.2) is 0 Å². The number of nitrogens with zero attached hydrogens (tertiary/aromatic N) is 1. The zero-order valence-electron chi connectivity index (χ0n) is 9.67. The number of aromatic hydroxyl groups is 1. The van der Waals surface area contributed by atoms with E-state index in [0.29, 0.717) is 16.6 Å². The van der Waals surface area contributed by atoms with Crippen molar-refractivity contribution in [2.24, 2.45) is 7.05 Å². The summed E-state index contributed by atoms with van der Waals surface area (Å²) in [5, 5.41) is 21.0. The Kier molecular flexibility index (Phi) is 2.93. The summed E-state index contributed by atoms with van der Waals surface area (Å²) in [6, 6.07) is 6.50. The van der Waals surface area contributed by atoms with Crippen LogP contribution < -0.4 is 5.32 Å². The first-order valence-electron chi connectivity index (χ1n) is 5.28. The molecule has 1 aromatic heterocycles. The maximum absolute atomic E-state index is 11.8. The van der Waals surface area contributed by atoms with Crippen LogP contribution in [0.25, 0.3) is 10.9 Å². The Morgan fingerprint density at radius 2 is 2.11 bits per heavy atom. The van der Waals surface area contributed by atoms with Crippen LogP contribution in [-0.4, -0.2) is 33.2 Å². The molecule has 2 aromatic rings. The number of aromatic nitrogens is 1. The number of carbonyl (C=O) groups excluding carboxylic acids is 1. The van der Waals surface area contributed by atoms with Crippen molar-refractivity contribution in [2.75, 3.05) is 6.54 Å². The molecule has 0 radical (unpaired) electrons. The number of hydrogen-bond donors (Lipinski definition) is 3. The molecule has 0 aliphatic heterocycles. The fourth-order valence-electron chi connectivity index (χ4n) is 1.81.